The molecule has 0 aromatic heterocycles. The molecule has 200 valence electrons. The van der Waals surface area contributed by atoms with Gasteiger partial charge < -0.3 is 30.5 Å². The number of aryl methyl sites for hydroxylation is 3. The van der Waals surface area contributed by atoms with Crippen LogP contribution in [0.1, 0.15) is 43.0 Å². The summed E-state index contributed by atoms with van der Waals surface area (Å²) in [6.07, 6.45) is 2.26. The highest BCUT2D eigenvalue weighted by atomic mass is 28.4. The molecular weight excluding hydrogens is 491 g/mol. The number of anilines is 1. The van der Waals surface area contributed by atoms with Crippen LogP contribution in [0.3, 0.4) is 0 Å². The summed E-state index contributed by atoms with van der Waals surface area (Å²) < 4.78 is 59.5. The molecule has 3 rings (SSSR count). The van der Waals surface area contributed by atoms with Crippen LogP contribution in [0, 0.1) is 20.8 Å². The molecule has 5 nitrogen and oxygen atoms in total. The van der Waals surface area contributed by atoms with Crippen molar-refractivity contribution in [3.63, 3.8) is 0 Å². The van der Waals surface area contributed by atoms with Gasteiger partial charge in [-0.25, -0.2) is 4.90 Å². The van der Waals surface area contributed by atoms with Gasteiger partial charge in [-0.05, 0) is 58.2 Å². The molecule has 0 bridgehead atoms. The van der Waals surface area contributed by atoms with E-state index in [0.717, 1.165) is 24.8 Å². The zero-order chi connectivity index (χ0) is 26.9. The first-order valence-electron chi connectivity index (χ1n) is 12.2. The third-order valence-electron chi connectivity index (χ3n) is 5.55. The lowest BCUT2D eigenvalue weighted by Crippen LogP contribution is -2.56. The molecule has 0 spiro atoms. The van der Waals surface area contributed by atoms with Crippen molar-refractivity contribution in [2.24, 2.45) is 0 Å². The Labute approximate surface area is 213 Å². The smallest absolute Gasteiger partial charge is 0.418 e. The minimum atomic E-state index is -6.00. The van der Waals surface area contributed by atoms with Gasteiger partial charge in [-0.3, -0.25) is 4.58 Å². The largest absolute Gasteiger partial charge is 0.673 e. The second kappa shape index (κ2) is 13.4. The van der Waals surface area contributed by atoms with Crippen LogP contribution in [0.25, 0.3) is 0 Å². The topological polar surface area (TPSA) is 33.9 Å². The number of rotatable bonds is 10. The molecule has 0 amide bonds. The molecule has 36 heavy (non-hydrogen) atoms. The second-order valence-electron chi connectivity index (χ2n) is 8.57. The molecule has 0 aliphatic carbocycles. The highest BCUT2D eigenvalue weighted by Crippen LogP contribution is 2.26. The highest BCUT2D eigenvalue weighted by molar-refractivity contribution is 6.75. The fourth-order valence-electron chi connectivity index (χ4n) is 4.46. The molecule has 0 radical (unpaired) electrons. The van der Waals surface area contributed by atoms with Crippen molar-refractivity contribution in [2.75, 3.05) is 37.8 Å². The van der Waals surface area contributed by atoms with E-state index in [1.54, 1.807) is 0 Å². The summed E-state index contributed by atoms with van der Waals surface area (Å²) in [6, 6.07) is 13.1. The van der Waals surface area contributed by atoms with Crippen molar-refractivity contribution < 1.29 is 35.1 Å². The van der Waals surface area contributed by atoms with Crippen LogP contribution in [-0.4, -0.2) is 59.9 Å². The summed E-state index contributed by atoms with van der Waals surface area (Å²) >= 11 is 0. The summed E-state index contributed by atoms with van der Waals surface area (Å²) in [5.41, 5.74) is 6.60. The monoisotopic (exact) mass is 528 g/mol. The van der Waals surface area contributed by atoms with Crippen molar-refractivity contribution in [2.45, 2.75) is 48.1 Å². The van der Waals surface area contributed by atoms with Gasteiger partial charge in [0.15, 0.2) is 0 Å². The van der Waals surface area contributed by atoms with E-state index in [2.05, 4.69) is 73.0 Å². The Morgan fingerprint density at radius 2 is 1.33 bits per heavy atom. The van der Waals surface area contributed by atoms with Crippen LogP contribution in [0.5, 0.6) is 0 Å². The second-order valence-corrected chi connectivity index (χ2v) is 11.1. The fourth-order valence-corrected chi connectivity index (χ4v) is 6.92. The Morgan fingerprint density at radius 1 is 0.861 bits per heavy atom. The third-order valence-corrected chi connectivity index (χ3v) is 8.60. The minimum Gasteiger partial charge on any atom is -0.418 e. The average molecular weight is 528 g/mol. The lowest BCUT2D eigenvalue weighted by atomic mass is 10.0. The van der Waals surface area contributed by atoms with Crippen LogP contribution in [0.2, 0.25) is 0 Å². The van der Waals surface area contributed by atoms with Crippen molar-refractivity contribution in [3.05, 3.63) is 58.7 Å². The van der Waals surface area contributed by atoms with E-state index < -0.39 is 16.1 Å². The number of nitrogens with zero attached hydrogens (tertiary/aromatic N) is 2. The molecular formula is C25H37BF4N2O3Si. The van der Waals surface area contributed by atoms with Crippen molar-refractivity contribution in [3.8, 4) is 0 Å². The summed E-state index contributed by atoms with van der Waals surface area (Å²) in [7, 11) is -8.84. The molecule has 0 saturated heterocycles. The lowest BCUT2D eigenvalue weighted by Gasteiger charge is -2.28. The Kier molecular flexibility index (Phi) is 11.1. The molecule has 0 N–H and O–H groups in total. The van der Waals surface area contributed by atoms with E-state index in [9.17, 15) is 17.3 Å². The lowest BCUT2D eigenvalue weighted by molar-refractivity contribution is -0.530. The molecule has 0 fully saturated rings. The maximum atomic E-state index is 9.75. The number of benzene rings is 2. The van der Waals surface area contributed by atoms with Crippen molar-refractivity contribution >= 4 is 33.3 Å². The Hall–Kier alpha value is -2.21. The fraction of sp³-hybridized carbons (Fsp3) is 0.480. The third kappa shape index (κ3) is 8.72. The van der Waals surface area contributed by atoms with E-state index in [1.807, 2.05) is 20.8 Å². The van der Waals surface area contributed by atoms with Gasteiger partial charge in [0.25, 0.3) is 0 Å². The van der Waals surface area contributed by atoms with Crippen LogP contribution >= 0.6 is 0 Å². The van der Waals surface area contributed by atoms with E-state index in [1.165, 1.54) is 27.9 Å². The summed E-state index contributed by atoms with van der Waals surface area (Å²) in [5, 5.41) is 1.03. The SMILES string of the molecule is CCO[Si](OCC)(OCC)c1ccc(C[N+]2=CN(c3c(C)cc(C)cc3C)CC2)cc1.F[B-](F)(F)F. The molecule has 1 aliphatic heterocycles. The minimum absolute atomic E-state index is 0.574. The number of hydrogen-bond acceptors (Lipinski definition) is 4. The predicted octanol–water partition coefficient (Wildman–Crippen LogP) is 5.23. The number of halogens is 4. The Morgan fingerprint density at radius 3 is 1.78 bits per heavy atom. The molecule has 1 aliphatic rings. The van der Waals surface area contributed by atoms with Crippen LogP contribution in [0.4, 0.5) is 23.0 Å². The van der Waals surface area contributed by atoms with Gasteiger partial charge in [0.05, 0.1) is 0 Å². The Bertz CT molecular complexity index is 973. The van der Waals surface area contributed by atoms with Gasteiger partial charge in [-0.2, -0.15) is 0 Å². The summed E-state index contributed by atoms with van der Waals surface area (Å²) in [4.78, 5) is 2.38. The van der Waals surface area contributed by atoms with Gasteiger partial charge in [0.1, 0.15) is 25.3 Å². The quantitative estimate of drug-likeness (QED) is 0.240. The number of hydrogen-bond donors (Lipinski definition) is 0. The van der Waals surface area contributed by atoms with Crippen molar-refractivity contribution in [1.82, 2.24) is 0 Å². The zero-order valence-electron chi connectivity index (χ0n) is 22.0. The van der Waals surface area contributed by atoms with Gasteiger partial charge >= 0.3 is 16.1 Å². The average Bonchev–Trinajstić information content (AvgIpc) is 3.20. The molecule has 2 aromatic carbocycles. The molecule has 0 unspecified atom stereocenters. The zero-order valence-corrected chi connectivity index (χ0v) is 23.0. The van der Waals surface area contributed by atoms with Crippen LogP contribution < -0.4 is 10.1 Å². The molecule has 0 saturated carbocycles. The van der Waals surface area contributed by atoms with E-state index in [0.29, 0.717) is 19.8 Å². The normalized spacial score (nSPS) is 13.9. The summed E-state index contributed by atoms with van der Waals surface area (Å²) in [5.74, 6) is 0. The molecule has 0 atom stereocenters. The highest BCUT2D eigenvalue weighted by Gasteiger charge is 2.43. The first-order valence-corrected chi connectivity index (χ1v) is 14.0. The standard InChI is InChI=1S/C25H37N2O3Si.BF4/c1-7-28-31(29-8-2,30-9-3)24-12-10-23(11-13-24)18-26-14-15-27(19-26)25-21(5)16-20(4)17-22(25)6;2-1(3,4)5/h10-13,16-17,19H,7-9,14-15,18H2,1-6H3;/q+1;-1. The first kappa shape index (κ1) is 30.0. The maximum Gasteiger partial charge on any atom is 0.673 e. The molecule has 11 heteroatoms. The summed E-state index contributed by atoms with van der Waals surface area (Å²) in [6.45, 7) is 17.2. The van der Waals surface area contributed by atoms with Gasteiger partial charge in [0.2, 0.25) is 6.34 Å². The van der Waals surface area contributed by atoms with Crippen molar-refractivity contribution in [1.29, 1.82) is 0 Å². The molecule has 1 heterocycles. The van der Waals surface area contributed by atoms with Gasteiger partial charge in [-0.15, -0.1) is 0 Å². The van der Waals surface area contributed by atoms with E-state index >= 15 is 0 Å². The van der Waals surface area contributed by atoms with Crippen LogP contribution in [-0.2, 0) is 19.8 Å². The molecule has 2 aromatic rings. The van der Waals surface area contributed by atoms with E-state index in [-0.39, 0.29) is 0 Å². The van der Waals surface area contributed by atoms with Crippen LogP contribution in [0.15, 0.2) is 36.4 Å². The maximum absolute atomic E-state index is 9.75. The van der Waals surface area contributed by atoms with E-state index in [4.69, 9.17) is 13.3 Å². The van der Waals surface area contributed by atoms with Gasteiger partial charge in [-0.1, -0.05) is 42.0 Å². The van der Waals surface area contributed by atoms with Gasteiger partial charge in [0, 0.05) is 25.0 Å². The first-order chi connectivity index (χ1) is 16.9. The predicted molar refractivity (Wildman–Crippen MR) is 140 cm³/mol. The Balaban J connectivity index is 0.000000830.